The Morgan fingerprint density at radius 3 is 3.04 bits per heavy atom. The summed E-state index contributed by atoms with van der Waals surface area (Å²) in [4.78, 5) is 17.6. The monoisotopic (exact) mass is 383 g/mol. The number of hydrogen-bond donors (Lipinski definition) is 2. The highest BCUT2D eigenvalue weighted by Gasteiger charge is 2.17. The lowest BCUT2D eigenvalue weighted by atomic mass is 10.0. The zero-order valence-electron chi connectivity index (χ0n) is 14.2. The van der Waals surface area contributed by atoms with Crippen molar-refractivity contribution in [3.8, 4) is 0 Å². The lowest BCUT2D eigenvalue weighted by Crippen LogP contribution is -2.14. The number of anilines is 1. The van der Waals surface area contributed by atoms with E-state index in [9.17, 15) is 9.18 Å². The van der Waals surface area contributed by atoms with Crippen LogP contribution in [0.1, 0.15) is 35.4 Å². The molecule has 7 heteroatoms. The molecule has 25 heavy (non-hydrogen) atoms. The fourth-order valence-corrected chi connectivity index (χ4v) is 3.97. The van der Waals surface area contributed by atoms with Gasteiger partial charge in [-0.25, -0.2) is 9.37 Å². The zero-order chi connectivity index (χ0) is 16.9. The second-order valence-electron chi connectivity index (χ2n) is 6.28. The van der Waals surface area contributed by atoms with Crippen molar-refractivity contribution in [3.63, 3.8) is 0 Å². The summed E-state index contributed by atoms with van der Waals surface area (Å²) >= 11 is 1.47. The van der Waals surface area contributed by atoms with Crippen molar-refractivity contribution < 1.29 is 9.18 Å². The van der Waals surface area contributed by atoms with E-state index in [0.29, 0.717) is 23.9 Å². The molecule has 1 aromatic carbocycles. The van der Waals surface area contributed by atoms with Crippen molar-refractivity contribution in [2.75, 3.05) is 18.4 Å². The summed E-state index contributed by atoms with van der Waals surface area (Å²) in [6.07, 6.45) is 3.23. The third-order valence-electron chi connectivity index (χ3n) is 4.33. The number of hydrogen-bond acceptors (Lipinski definition) is 4. The first-order valence-electron chi connectivity index (χ1n) is 8.31. The highest BCUT2D eigenvalue weighted by Crippen LogP contribution is 2.26. The molecule has 0 aliphatic carbocycles. The molecule has 0 radical (unpaired) electrons. The average molecular weight is 384 g/mol. The van der Waals surface area contributed by atoms with Gasteiger partial charge in [0.05, 0.1) is 5.69 Å². The summed E-state index contributed by atoms with van der Waals surface area (Å²) in [5.74, 6) is 0.398. The summed E-state index contributed by atoms with van der Waals surface area (Å²) in [6, 6.07) is 6.58. The number of carbonyl (C=O) groups excluding carboxylic acids is 1. The summed E-state index contributed by atoms with van der Waals surface area (Å²) in [5, 5.41) is 6.85. The Balaban J connectivity index is 0.00000225. The third-order valence-corrected chi connectivity index (χ3v) is 5.41. The van der Waals surface area contributed by atoms with E-state index in [1.165, 1.54) is 23.5 Å². The van der Waals surface area contributed by atoms with Crippen molar-refractivity contribution in [1.29, 1.82) is 0 Å². The molecule has 0 spiro atoms. The summed E-state index contributed by atoms with van der Waals surface area (Å²) < 4.78 is 13.3. The molecule has 4 nitrogen and oxygen atoms in total. The van der Waals surface area contributed by atoms with Crippen molar-refractivity contribution in [2.24, 2.45) is 5.92 Å². The molecule has 2 aromatic rings. The fraction of sp³-hybridized carbons (Fsp3) is 0.444. The molecule has 2 heterocycles. The number of aryl methyl sites for hydroxylation is 1. The van der Waals surface area contributed by atoms with Crippen LogP contribution in [0.5, 0.6) is 0 Å². The lowest BCUT2D eigenvalue weighted by Gasteiger charge is -2.06. The first kappa shape index (κ1) is 19.8. The minimum atomic E-state index is -0.232. The molecule has 0 saturated carbocycles. The molecule has 2 N–H and O–H groups in total. The Bertz CT molecular complexity index is 716. The molecule has 1 fully saturated rings. The van der Waals surface area contributed by atoms with E-state index >= 15 is 0 Å². The van der Waals surface area contributed by atoms with Gasteiger partial charge >= 0.3 is 0 Å². The quantitative estimate of drug-likeness (QED) is 0.794. The third kappa shape index (κ3) is 5.76. The van der Waals surface area contributed by atoms with Crippen LogP contribution < -0.4 is 10.6 Å². The minimum Gasteiger partial charge on any atom is -0.316 e. The number of halogens is 2. The molecule has 1 atom stereocenters. The van der Waals surface area contributed by atoms with Gasteiger partial charge in [0.1, 0.15) is 5.82 Å². The van der Waals surface area contributed by atoms with Crippen LogP contribution in [0.25, 0.3) is 0 Å². The van der Waals surface area contributed by atoms with Gasteiger partial charge in [0.25, 0.3) is 0 Å². The van der Waals surface area contributed by atoms with Gasteiger partial charge in [-0.1, -0.05) is 12.1 Å². The highest BCUT2D eigenvalue weighted by molar-refractivity contribution is 7.15. The first-order chi connectivity index (χ1) is 11.6. The molecule has 3 rings (SSSR count). The predicted molar refractivity (Wildman–Crippen MR) is 102 cm³/mol. The van der Waals surface area contributed by atoms with Gasteiger partial charge in [0, 0.05) is 17.7 Å². The van der Waals surface area contributed by atoms with Crippen molar-refractivity contribution >= 4 is 34.8 Å². The SMILES string of the molecule is Cc1nc(NC(=O)CCC2CCNC2)sc1Cc1cccc(F)c1.Cl. The molecule has 1 saturated heterocycles. The maximum Gasteiger partial charge on any atom is 0.226 e. The second-order valence-corrected chi connectivity index (χ2v) is 7.36. The van der Waals surface area contributed by atoms with E-state index in [1.54, 1.807) is 6.07 Å². The van der Waals surface area contributed by atoms with Crippen LogP contribution in [0.4, 0.5) is 9.52 Å². The molecule has 1 amide bonds. The number of thiazole rings is 1. The molecule has 1 aliphatic rings. The molecule has 1 aliphatic heterocycles. The van der Waals surface area contributed by atoms with E-state index in [2.05, 4.69) is 15.6 Å². The number of benzene rings is 1. The largest absolute Gasteiger partial charge is 0.316 e. The first-order valence-corrected chi connectivity index (χ1v) is 9.13. The van der Waals surface area contributed by atoms with Gasteiger partial charge < -0.3 is 10.6 Å². The van der Waals surface area contributed by atoms with Crippen LogP contribution in [0.3, 0.4) is 0 Å². The van der Waals surface area contributed by atoms with Crippen LogP contribution in [0.15, 0.2) is 24.3 Å². The van der Waals surface area contributed by atoms with Crippen molar-refractivity contribution in [1.82, 2.24) is 10.3 Å². The van der Waals surface area contributed by atoms with E-state index in [4.69, 9.17) is 0 Å². The molecule has 1 unspecified atom stereocenters. The van der Waals surface area contributed by atoms with Gasteiger partial charge in [0.15, 0.2) is 5.13 Å². The van der Waals surface area contributed by atoms with Crippen LogP contribution in [0.2, 0.25) is 0 Å². The molecule has 136 valence electrons. The number of carbonyl (C=O) groups is 1. The van der Waals surface area contributed by atoms with Crippen LogP contribution in [-0.2, 0) is 11.2 Å². The maximum absolute atomic E-state index is 13.3. The minimum absolute atomic E-state index is 0. The Morgan fingerprint density at radius 2 is 2.32 bits per heavy atom. The Morgan fingerprint density at radius 1 is 1.48 bits per heavy atom. The summed E-state index contributed by atoms with van der Waals surface area (Å²) in [5.41, 5.74) is 1.80. The van der Waals surface area contributed by atoms with Crippen molar-refractivity contribution in [3.05, 3.63) is 46.2 Å². The zero-order valence-corrected chi connectivity index (χ0v) is 15.8. The number of nitrogens with one attached hydrogen (secondary N) is 2. The smallest absolute Gasteiger partial charge is 0.226 e. The fourth-order valence-electron chi connectivity index (χ4n) is 2.96. The van der Waals surface area contributed by atoms with Crippen LogP contribution >= 0.6 is 23.7 Å². The van der Waals surface area contributed by atoms with E-state index < -0.39 is 0 Å². The van der Waals surface area contributed by atoms with Gasteiger partial charge in [-0.2, -0.15) is 0 Å². The molecular formula is C18H23ClFN3OS. The van der Waals surface area contributed by atoms with E-state index in [0.717, 1.165) is 42.1 Å². The number of aromatic nitrogens is 1. The molecular weight excluding hydrogens is 361 g/mol. The maximum atomic E-state index is 13.3. The lowest BCUT2D eigenvalue weighted by molar-refractivity contribution is -0.116. The number of amides is 1. The van der Waals surface area contributed by atoms with Crippen LogP contribution in [0, 0.1) is 18.7 Å². The Hall–Kier alpha value is -1.50. The van der Waals surface area contributed by atoms with E-state index in [-0.39, 0.29) is 24.1 Å². The van der Waals surface area contributed by atoms with Gasteiger partial charge in [0.2, 0.25) is 5.91 Å². The van der Waals surface area contributed by atoms with Gasteiger partial charge in [-0.15, -0.1) is 23.7 Å². The molecule has 1 aromatic heterocycles. The Labute approximate surface area is 157 Å². The topological polar surface area (TPSA) is 54.0 Å². The van der Waals surface area contributed by atoms with Gasteiger partial charge in [-0.05, 0) is 56.5 Å². The number of nitrogens with zero attached hydrogens (tertiary/aromatic N) is 1. The second kappa shape index (κ2) is 9.27. The predicted octanol–water partition coefficient (Wildman–Crippen LogP) is 3.93. The van der Waals surface area contributed by atoms with Crippen molar-refractivity contribution in [2.45, 2.75) is 32.6 Å². The Kier molecular flexibility index (Phi) is 7.35. The summed E-state index contributed by atoms with van der Waals surface area (Å²) in [6.45, 7) is 3.99. The summed E-state index contributed by atoms with van der Waals surface area (Å²) in [7, 11) is 0. The standard InChI is InChI=1S/C18H22FN3OS.ClH/c1-12-16(10-14-3-2-4-15(19)9-14)24-18(21-12)22-17(23)6-5-13-7-8-20-11-13;/h2-4,9,13,20H,5-8,10-11H2,1H3,(H,21,22,23);1H. The van der Waals surface area contributed by atoms with Crippen LogP contribution in [-0.4, -0.2) is 24.0 Å². The normalized spacial score (nSPS) is 16.5. The highest BCUT2D eigenvalue weighted by atomic mass is 35.5. The molecule has 0 bridgehead atoms. The van der Waals surface area contributed by atoms with Gasteiger partial charge in [-0.3, -0.25) is 4.79 Å². The number of rotatable bonds is 6. The average Bonchev–Trinajstić information content (AvgIpc) is 3.16. The van der Waals surface area contributed by atoms with E-state index in [1.807, 2.05) is 13.0 Å².